The molecule has 1 atom stereocenters. The van der Waals surface area contributed by atoms with Crippen LogP contribution in [0.2, 0.25) is 0 Å². The van der Waals surface area contributed by atoms with Gasteiger partial charge in [0, 0.05) is 25.2 Å². The minimum atomic E-state index is -0.562. The van der Waals surface area contributed by atoms with Crippen molar-refractivity contribution in [2.24, 2.45) is 5.73 Å². The maximum Gasteiger partial charge on any atom is 0.149 e. The molecule has 0 saturated heterocycles. The first-order valence-electron chi connectivity index (χ1n) is 5.00. The highest BCUT2D eigenvalue weighted by Gasteiger charge is 2.11. The van der Waals surface area contributed by atoms with Crippen molar-refractivity contribution in [3.8, 4) is 0 Å². The third kappa shape index (κ3) is 3.16. The summed E-state index contributed by atoms with van der Waals surface area (Å²) in [7, 11) is 0. The predicted octanol–water partition coefficient (Wildman–Crippen LogP) is 2.14. The van der Waals surface area contributed by atoms with E-state index in [1.165, 1.54) is 12.1 Å². The number of rotatable bonds is 4. The zero-order valence-corrected chi connectivity index (χ0v) is 9.00. The van der Waals surface area contributed by atoms with Gasteiger partial charge in [-0.25, -0.2) is 8.78 Å². The summed E-state index contributed by atoms with van der Waals surface area (Å²) in [5.41, 5.74) is 6.05. The molecule has 0 saturated carbocycles. The summed E-state index contributed by atoms with van der Waals surface area (Å²) in [6, 6.07) is 3.53. The molecule has 0 fully saturated rings. The van der Waals surface area contributed by atoms with Crippen molar-refractivity contribution in [1.29, 1.82) is 0 Å². The van der Waals surface area contributed by atoms with Gasteiger partial charge in [-0.15, -0.1) is 0 Å². The summed E-state index contributed by atoms with van der Waals surface area (Å²) in [5, 5.41) is 0. The second kappa shape index (κ2) is 5.07. The van der Waals surface area contributed by atoms with Gasteiger partial charge in [-0.3, -0.25) is 0 Å². The first kappa shape index (κ1) is 11.9. The molecule has 4 heteroatoms. The highest BCUT2D eigenvalue weighted by Crippen LogP contribution is 2.19. The summed E-state index contributed by atoms with van der Waals surface area (Å²) >= 11 is 0. The molecule has 15 heavy (non-hydrogen) atoms. The van der Waals surface area contributed by atoms with E-state index in [1.54, 1.807) is 4.90 Å². The average Bonchev–Trinajstić information content (AvgIpc) is 2.14. The van der Waals surface area contributed by atoms with Gasteiger partial charge in [0.25, 0.3) is 0 Å². The molecule has 2 N–H and O–H groups in total. The third-order valence-corrected chi connectivity index (χ3v) is 2.14. The van der Waals surface area contributed by atoms with Crippen LogP contribution in [-0.4, -0.2) is 19.1 Å². The highest BCUT2D eigenvalue weighted by molar-refractivity contribution is 5.47. The van der Waals surface area contributed by atoms with Gasteiger partial charge in [0.2, 0.25) is 0 Å². The molecule has 0 radical (unpaired) electrons. The van der Waals surface area contributed by atoms with E-state index in [4.69, 9.17) is 5.73 Å². The SMILES string of the molecule is CCN(CC(C)N)c1ccc(F)cc1F. The summed E-state index contributed by atoms with van der Waals surface area (Å²) in [4.78, 5) is 1.79. The van der Waals surface area contributed by atoms with Gasteiger partial charge in [-0.2, -0.15) is 0 Å². The molecule has 84 valence electrons. The number of nitrogens with two attached hydrogens (primary N) is 1. The van der Waals surface area contributed by atoms with Gasteiger partial charge in [0.15, 0.2) is 0 Å². The number of likely N-dealkylation sites (N-methyl/N-ethyl adjacent to an activating group) is 1. The molecule has 0 aromatic heterocycles. The smallest absolute Gasteiger partial charge is 0.149 e. The molecule has 1 aromatic carbocycles. The lowest BCUT2D eigenvalue weighted by molar-refractivity contribution is 0.575. The summed E-state index contributed by atoms with van der Waals surface area (Å²) < 4.78 is 26.1. The van der Waals surface area contributed by atoms with Crippen LogP contribution in [0.1, 0.15) is 13.8 Å². The maximum absolute atomic E-state index is 13.4. The van der Waals surface area contributed by atoms with E-state index in [1.807, 2.05) is 13.8 Å². The topological polar surface area (TPSA) is 29.3 Å². The fourth-order valence-corrected chi connectivity index (χ4v) is 1.48. The van der Waals surface area contributed by atoms with E-state index >= 15 is 0 Å². The standard InChI is InChI=1S/C11H16F2N2/c1-3-15(7-8(2)14)11-5-4-9(12)6-10(11)13/h4-6,8H,3,7,14H2,1-2H3. The molecule has 0 aliphatic rings. The zero-order chi connectivity index (χ0) is 11.4. The number of hydrogen-bond donors (Lipinski definition) is 1. The van der Waals surface area contributed by atoms with Crippen molar-refractivity contribution in [3.05, 3.63) is 29.8 Å². The Hall–Kier alpha value is -1.16. The minimum Gasteiger partial charge on any atom is -0.368 e. The molecular formula is C11H16F2N2. The Kier molecular flexibility index (Phi) is 4.03. The molecule has 1 rings (SSSR count). The van der Waals surface area contributed by atoms with Crippen molar-refractivity contribution >= 4 is 5.69 Å². The van der Waals surface area contributed by atoms with Crippen LogP contribution in [0.5, 0.6) is 0 Å². The van der Waals surface area contributed by atoms with Crippen LogP contribution in [0, 0.1) is 11.6 Å². The van der Waals surface area contributed by atoms with Gasteiger partial charge in [-0.05, 0) is 26.0 Å². The Morgan fingerprint density at radius 1 is 1.40 bits per heavy atom. The number of nitrogens with zero attached hydrogens (tertiary/aromatic N) is 1. The third-order valence-electron chi connectivity index (χ3n) is 2.14. The van der Waals surface area contributed by atoms with E-state index in [9.17, 15) is 8.78 Å². The molecule has 0 spiro atoms. The lowest BCUT2D eigenvalue weighted by Crippen LogP contribution is -2.36. The van der Waals surface area contributed by atoms with Gasteiger partial charge >= 0.3 is 0 Å². The Bertz CT molecular complexity index is 326. The van der Waals surface area contributed by atoms with Gasteiger partial charge in [0.05, 0.1) is 5.69 Å². The number of anilines is 1. The second-order valence-electron chi connectivity index (χ2n) is 3.61. The first-order chi connectivity index (χ1) is 7.04. The van der Waals surface area contributed by atoms with E-state index in [2.05, 4.69) is 0 Å². The van der Waals surface area contributed by atoms with Crippen LogP contribution in [0.3, 0.4) is 0 Å². The van der Waals surface area contributed by atoms with Crippen molar-refractivity contribution in [2.45, 2.75) is 19.9 Å². The maximum atomic E-state index is 13.4. The number of benzene rings is 1. The molecule has 0 aliphatic heterocycles. The van der Waals surface area contributed by atoms with Gasteiger partial charge in [-0.1, -0.05) is 0 Å². The molecule has 0 bridgehead atoms. The average molecular weight is 214 g/mol. The summed E-state index contributed by atoms with van der Waals surface area (Å²) in [5.74, 6) is -1.11. The molecule has 0 amide bonds. The van der Waals surface area contributed by atoms with Crippen LogP contribution in [0.4, 0.5) is 14.5 Å². The van der Waals surface area contributed by atoms with Crippen LogP contribution in [0.15, 0.2) is 18.2 Å². The molecular weight excluding hydrogens is 198 g/mol. The molecule has 1 unspecified atom stereocenters. The summed E-state index contributed by atoms with van der Waals surface area (Å²) in [6.07, 6.45) is 0. The Morgan fingerprint density at radius 3 is 2.53 bits per heavy atom. The fraction of sp³-hybridized carbons (Fsp3) is 0.455. The van der Waals surface area contributed by atoms with E-state index in [0.29, 0.717) is 18.8 Å². The second-order valence-corrected chi connectivity index (χ2v) is 3.61. The zero-order valence-electron chi connectivity index (χ0n) is 9.00. The largest absolute Gasteiger partial charge is 0.368 e. The van der Waals surface area contributed by atoms with Crippen LogP contribution in [0.25, 0.3) is 0 Å². The van der Waals surface area contributed by atoms with Crippen molar-refractivity contribution in [3.63, 3.8) is 0 Å². The van der Waals surface area contributed by atoms with Crippen LogP contribution in [-0.2, 0) is 0 Å². The lowest BCUT2D eigenvalue weighted by atomic mass is 10.2. The Balaban J connectivity index is 2.91. The lowest BCUT2D eigenvalue weighted by Gasteiger charge is -2.25. The van der Waals surface area contributed by atoms with E-state index in [0.717, 1.165) is 6.07 Å². The van der Waals surface area contributed by atoms with Crippen LogP contribution < -0.4 is 10.6 Å². The quantitative estimate of drug-likeness (QED) is 0.832. The van der Waals surface area contributed by atoms with E-state index in [-0.39, 0.29) is 6.04 Å². The highest BCUT2D eigenvalue weighted by atomic mass is 19.1. The van der Waals surface area contributed by atoms with E-state index < -0.39 is 11.6 Å². The van der Waals surface area contributed by atoms with Crippen LogP contribution >= 0.6 is 0 Å². The molecule has 0 heterocycles. The van der Waals surface area contributed by atoms with Crippen molar-refractivity contribution in [1.82, 2.24) is 0 Å². The fourth-order valence-electron chi connectivity index (χ4n) is 1.48. The summed E-state index contributed by atoms with van der Waals surface area (Å²) in [6.45, 7) is 4.96. The van der Waals surface area contributed by atoms with Gasteiger partial charge in [0.1, 0.15) is 11.6 Å². The van der Waals surface area contributed by atoms with Crippen molar-refractivity contribution < 1.29 is 8.78 Å². The predicted molar refractivity (Wildman–Crippen MR) is 57.9 cm³/mol. The Morgan fingerprint density at radius 2 is 2.07 bits per heavy atom. The number of halogens is 2. The van der Waals surface area contributed by atoms with Crippen molar-refractivity contribution in [2.75, 3.05) is 18.0 Å². The van der Waals surface area contributed by atoms with Gasteiger partial charge < -0.3 is 10.6 Å². The minimum absolute atomic E-state index is 0.0468. The molecule has 0 aliphatic carbocycles. The first-order valence-corrected chi connectivity index (χ1v) is 5.00. The molecule has 1 aromatic rings. The monoisotopic (exact) mass is 214 g/mol. The normalized spacial score (nSPS) is 12.6. The molecule has 2 nitrogen and oxygen atoms in total. The Labute approximate surface area is 88.7 Å². The number of hydrogen-bond acceptors (Lipinski definition) is 2.